The van der Waals surface area contributed by atoms with Crippen LogP contribution in [0.1, 0.15) is 24.1 Å². The summed E-state index contributed by atoms with van der Waals surface area (Å²) in [5.41, 5.74) is 2.61. The molecule has 1 aromatic carbocycles. The summed E-state index contributed by atoms with van der Waals surface area (Å²) in [5.74, 6) is 0. The van der Waals surface area contributed by atoms with E-state index in [1.165, 1.54) is 11.1 Å². The molecule has 0 aliphatic rings. The molecule has 0 spiro atoms. The van der Waals surface area contributed by atoms with Gasteiger partial charge in [-0.1, -0.05) is 34.1 Å². The van der Waals surface area contributed by atoms with Gasteiger partial charge in [-0.2, -0.15) is 0 Å². The molecule has 1 aromatic heterocycles. The van der Waals surface area contributed by atoms with Crippen LogP contribution in [-0.4, -0.2) is 4.57 Å². The molecule has 2 nitrogen and oxygen atoms in total. The van der Waals surface area contributed by atoms with E-state index in [0.717, 1.165) is 11.0 Å². The molecule has 0 radical (unpaired) electrons. The standard InChI is InChI=1S/C14H17BrN2/c1-11(13-5-3-4-6-14(13)15)16-9-12-7-8-17(2)10-12/h3-8,10-11,16H,9H2,1-2H3/t11-/m0/s1. The van der Waals surface area contributed by atoms with Gasteiger partial charge >= 0.3 is 0 Å². The highest BCUT2D eigenvalue weighted by Gasteiger charge is 2.07. The zero-order valence-electron chi connectivity index (χ0n) is 10.2. The van der Waals surface area contributed by atoms with Crippen LogP contribution in [0.25, 0.3) is 0 Å². The quantitative estimate of drug-likeness (QED) is 0.910. The first-order valence-electron chi connectivity index (χ1n) is 5.75. The van der Waals surface area contributed by atoms with E-state index in [0.29, 0.717) is 6.04 Å². The van der Waals surface area contributed by atoms with E-state index in [4.69, 9.17) is 0 Å². The van der Waals surface area contributed by atoms with E-state index in [2.05, 4.69) is 69.4 Å². The first-order chi connectivity index (χ1) is 8.16. The maximum absolute atomic E-state index is 3.58. The smallest absolute Gasteiger partial charge is 0.0306 e. The van der Waals surface area contributed by atoms with E-state index in [1.807, 2.05) is 13.1 Å². The van der Waals surface area contributed by atoms with Crippen LogP contribution in [0.4, 0.5) is 0 Å². The van der Waals surface area contributed by atoms with Crippen molar-refractivity contribution in [2.75, 3.05) is 0 Å². The van der Waals surface area contributed by atoms with Crippen molar-refractivity contribution in [1.82, 2.24) is 9.88 Å². The Labute approximate surface area is 111 Å². The predicted molar refractivity (Wildman–Crippen MR) is 74.8 cm³/mol. The lowest BCUT2D eigenvalue weighted by molar-refractivity contribution is 0.572. The highest BCUT2D eigenvalue weighted by Crippen LogP contribution is 2.22. The number of benzene rings is 1. The summed E-state index contributed by atoms with van der Waals surface area (Å²) in [5, 5.41) is 3.53. The number of hydrogen-bond donors (Lipinski definition) is 1. The molecule has 0 saturated carbocycles. The Bertz CT molecular complexity index is 490. The third kappa shape index (κ3) is 3.20. The summed E-state index contributed by atoms with van der Waals surface area (Å²) in [6.45, 7) is 3.08. The molecule has 0 aliphatic carbocycles. The molecule has 3 heteroatoms. The second kappa shape index (κ2) is 5.52. The van der Waals surface area contributed by atoms with Gasteiger partial charge in [0.15, 0.2) is 0 Å². The number of nitrogens with zero attached hydrogens (tertiary/aromatic N) is 1. The Morgan fingerprint density at radius 1 is 1.29 bits per heavy atom. The monoisotopic (exact) mass is 292 g/mol. The number of aryl methyl sites for hydroxylation is 1. The number of nitrogens with one attached hydrogen (secondary N) is 1. The molecule has 2 rings (SSSR count). The van der Waals surface area contributed by atoms with Gasteiger partial charge in [0.25, 0.3) is 0 Å². The van der Waals surface area contributed by atoms with Crippen LogP contribution in [0.3, 0.4) is 0 Å². The van der Waals surface area contributed by atoms with Gasteiger partial charge in [-0.3, -0.25) is 0 Å². The molecule has 1 heterocycles. The first-order valence-corrected chi connectivity index (χ1v) is 6.55. The van der Waals surface area contributed by atoms with Crippen LogP contribution in [0.2, 0.25) is 0 Å². The predicted octanol–water partition coefficient (Wildman–Crippen LogP) is 3.64. The molecule has 1 atom stereocenters. The fraction of sp³-hybridized carbons (Fsp3) is 0.286. The minimum Gasteiger partial charge on any atom is -0.357 e. The molecule has 0 saturated heterocycles. The van der Waals surface area contributed by atoms with Crippen LogP contribution in [0, 0.1) is 0 Å². The van der Waals surface area contributed by atoms with Gasteiger partial charge in [0, 0.05) is 36.5 Å². The Morgan fingerprint density at radius 2 is 2.06 bits per heavy atom. The lowest BCUT2D eigenvalue weighted by atomic mass is 10.1. The van der Waals surface area contributed by atoms with E-state index in [9.17, 15) is 0 Å². The Balaban J connectivity index is 1.98. The zero-order chi connectivity index (χ0) is 12.3. The van der Waals surface area contributed by atoms with E-state index < -0.39 is 0 Å². The molecule has 0 aliphatic heterocycles. The largest absolute Gasteiger partial charge is 0.357 e. The molecule has 90 valence electrons. The van der Waals surface area contributed by atoms with Crippen LogP contribution in [0.15, 0.2) is 47.2 Å². The maximum Gasteiger partial charge on any atom is 0.0306 e. The molecule has 1 N–H and O–H groups in total. The summed E-state index contributed by atoms with van der Waals surface area (Å²) >= 11 is 3.58. The number of aromatic nitrogens is 1. The van der Waals surface area contributed by atoms with E-state index in [1.54, 1.807) is 0 Å². The SMILES string of the molecule is C[C@H](NCc1ccn(C)c1)c1ccccc1Br. The number of rotatable bonds is 4. The lowest BCUT2D eigenvalue weighted by Crippen LogP contribution is -2.18. The minimum absolute atomic E-state index is 0.339. The van der Waals surface area contributed by atoms with Gasteiger partial charge in [-0.25, -0.2) is 0 Å². The third-order valence-corrected chi connectivity index (χ3v) is 3.60. The summed E-state index contributed by atoms with van der Waals surface area (Å²) in [6, 6.07) is 10.8. The summed E-state index contributed by atoms with van der Waals surface area (Å²) < 4.78 is 3.23. The van der Waals surface area contributed by atoms with Crippen molar-refractivity contribution in [1.29, 1.82) is 0 Å². The van der Waals surface area contributed by atoms with Crippen LogP contribution >= 0.6 is 15.9 Å². The van der Waals surface area contributed by atoms with Crippen molar-refractivity contribution >= 4 is 15.9 Å². The minimum atomic E-state index is 0.339. The third-order valence-electron chi connectivity index (χ3n) is 2.88. The highest BCUT2D eigenvalue weighted by molar-refractivity contribution is 9.10. The number of halogens is 1. The fourth-order valence-corrected chi connectivity index (χ4v) is 2.50. The Hall–Kier alpha value is -1.06. The normalized spacial score (nSPS) is 12.6. The van der Waals surface area contributed by atoms with E-state index in [-0.39, 0.29) is 0 Å². The van der Waals surface area contributed by atoms with Crippen molar-refractivity contribution in [3.63, 3.8) is 0 Å². The Morgan fingerprint density at radius 3 is 2.71 bits per heavy atom. The first kappa shape index (κ1) is 12.4. The van der Waals surface area contributed by atoms with Crippen molar-refractivity contribution < 1.29 is 0 Å². The van der Waals surface area contributed by atoms with Crippen LogP contribution in [-0.2, 0) is 13.6 Å². The topological polar surface area (TPSA) is 17.0 Å². The Kier molecular flexibility index (Phi) is 4.02. The van der Waals surface area contributed by atoms with Gasteiger partial charge in [-0.15, -0.1) is 0 Å². The molecular weight excluding hydrogens is 276 g/mol. The molecule has 17 heavy (non-hydrogen) atoms. The van der Waals surface area contributed by atoms with Gasteiger partial charge in [0.1, 0.15) is 0 Å². The highest BCUT2D eigenvalue weighted by atomic mass is 79.9. The van der Waals surface area contributed by atoms with E-state index >= 15 is 0 Å². The summed E-state index contributed by atoms with van der Waals surface area (Å²) in [4.78, 5) is 0. The molecular formula is C14H17BrN2. The van der Waals surface area contributed by atoms with Crippen LogP contribution < -0.4 is 5.32 Å². The second-order valence-electron chi connectivity index (χ2n) is 4.31. The summed E-state index contributed by atoms with van der Waals surface area (Å²) in [6.07, 6.45) is 4.21. The average molecular weight is 293 g/mol. The van der Waals surface area contributed by atoms with Crippen molar-refractivity contribution in [3.8, 4) is 0 Å². The average Bonchev–Trinajstić information content (AvgIpc) is 2.73. The van der Waals surface area contributed by atoms with Crippen molar-refractivity contribution in [2.24, 2.45) is 7.05 Å². The second-order valence-corrected chi connectivity index (χ2v) is 5.16. The van der Waals surface area contributed by atoms with Crippen molar-refractivity contribution in [3.05, 3.63) is 58.3 Å². The number of hydrogen-bond acceptors (Lipinski definition) is 1. The van der Waals surface area contributed by atoms with Gasteiger partial charge in [0.2, 0.25) is 0 Å². The summed E-state index contributed by atoms with van der Waals surface area (Å²) in [7, 11) is 2.04. The molecule has 2 aromatic rings. The maximum atomic E-state index is 3.58. The fourth-order valence-electron chi connectivity index (χ4n) is 1.87. The molecule has 0 fully saturated rings. The molecule has 0 amide bonds. The molecule has 0 unspecified atom stereocenters. The van der Waals surface area contributed by atoms with Crippen LogP contribution in [0.5, 0.6) is 0 Å². The zero-order valence-corrected chi connectivity index (χ0v) is 11.7. The lowest BCUT2D eigenvalue weighted by Gasteiger charge is -2.15. The van der Waals surface area contributed by atoms with Gasteiger partial charge < -0.3 is 9.88 Å². The molecule has 0 bridgehead atoms. The van der Waals surface area contributed by atoms with Gasteiger partial charge in [-0.05, 0) is 30.2 Å². The van der Waals surface area contributed by atoms with Gasteiger partial charge in [0.05, 0.1) is 0 Å². The van der Waals surface area contributed by atoms with Crippen molar-refractivity contribution in [2.45, 2.75) is 19.5 Å².